The first-order valence-corrected chi connectivity index (χ1v) is 6.10. The van der Waals surface area contributed by atoms with E-state index < -0.39 is 0 Å². The summed E-state index contributed by atoms with van der Waals surface area (Å²) in [6.07, 6.45) is -0.0829. The Balaban J connectivity index is 2.07. The summed E-state index contributed by atoms with van der Waals surface area (Å²) in [6, 6.07) is 17.6. The Morgan fingerprint density at radius 3 is 2.05 bits per heavy atom. The second-order valence-electron chi connectivity index (χ2n) is 4.37. The normalized spacial score (nSPS) is 9.95. The van der Waals surface area contributed by atoms with Gasteiger partial charge in [-0.3, -0.25) is 9.59 Å². The monoisotopic (exact) mass is 253 g/mol. The zero-order chi connectivity index (χ0) is 13.7. The van der Waals surface area contributed by atoms with Crippen LogP contribution >= 0.6 is 0 Å². The van der Waals surface area contributed by atoms with Gasteiger partial charge >= 0.3 is 0 Å². The molecule has 0 saturated carbocycles. The van der Waals surface area contributed by atoms with Gasteiger partial charge in [-0.1, -0.05) is 42.5 Å². The number of hydrogen-bond acceptors (Lipinski definition) is 2. The van der Waals surface area contributed by atoms with Gasteiger partial charge in [-0.05, 0) is 30.2 Å². The number of nitrogens with one attached hydrogen (secondary N) is 1. The number of carbonyl (C=O) groups is 2. The van der Waals surface area contributed by atoms with Crippen LogP contribution in [0.25, 0.3) is 11.1 Å². The van der Waals surface area contributed by atoms with E-state index >= 15 is 0 Å². The van der Waals surface area contributed by atoms with E-state index in [2.05, 4.69) is 5.32 Å². The average molecular weight is 253 g/mol. The highest BCUT2D eigenvalue weighted by atomic mass is 16.2. The molecule has 2 aromatic rings. The number of Topliss-reactive ketones (excluding diaryl/α,β-unsaturated/α-hetero) is 1. The smallest absolute Gasteiger partial charge is 0.231 e. The van der Waals surface area contributed by atoms with E-state index in [1.165, 1.54) is 6.92 Å². The summed E-state index contributed by atoms with van der Waals surface area (Å²) in [7, 11) is 0. The number of rotatable bonds is 4. The van der Waals surface area contributed by atoms with Crippen molar-refractivity contribution in [3.8, 4) is 11.1 Å². The molecule has 0 fully saturated rings. The molecule has 1 amide bonds. The summed E-state index contributed by atoms with van der Waals surface area (Å²) in [5, 5.41) is 2.69. The predicted octanol–water partition coefficient (Wildman–Crippen LogP) is 3.27. The van der Waals surface area contributed by atoms with Crippen molar-refractivity contribution in [3.63, 3.8) is 0 Å². The van der Waals surface area contributed by atoms with Crippen molar-refractivity contribution < 1.29 is 9.59 Å². The minimum Gasteiger partial charge on any atom is -0.326 e. The van der Waals surface area contributed by atoms with E-state index in [-0.39, 0.29) is 18.1 Å². The number of hydrogen-bond donors (Lipinski definition) is 1. The summed E-state index contributed by atoms with van der Waals surface area (Å²) in [5.74, 6) is -0.418. The summed E-state index contributed by atoms with van der Waals surface area (Å²) in [6.45, 7) is 1.40. The Morgan fingerprint density at radius 1 is 0.895 bits per heavy atom. The highest BCUT2D eigenvalue weighted by Gasteiger charge is 2.05. The molecule has 2 rings (SSSR count). The molecule has 3 heteroatoms. The molecule has 2 aromatic carbocycles. The number of ketones is 1. The maximum absolute atomic E-state index is 11.4. The molecule has 0 radical (unpaired) electrons. The molecule has 0 aliphatic rings. The maximum atomic E-state index is 11.4. The second-order valence-corrected chi connectivity index (χ2v) is 4.37. The summed E-state index contributed by atoms with van der Waals surface area (Å²) < 4.78 is 0. The van der Waals surface area contributed by atoms with Crippen LogP contribution in [0.1, 0.15) is 13.3 Å². The molecule has 0 atom stereocenters. The maximum Gasteiger partial charge on any atom is 0.231 e. The minimum atomic E-state index is -0.278. The fourth-order valence-electron chi connectivity index (χ4n) is 1.81. The number of carbonyl (C=O) groups excluding carboxylic acids is 2. The quantitative estimate of drug-likeness (QED) is 0.850. The zero-order valence-corrected chi connectivity index (χ0v) is 10.7. The molecule has 0 saturated heterocycles. The second kappa shape index (κ2) is 5.96. The summed E-state index contributed by atoms with van der Waals surface area (Å²) in [5.41, 5.74) is 2.92. The van der Waals surface area contributed by atoms with Crippen LogP contribution in [0.15, 0.2) is 54.6 Å². The third-order valence-corrected chi connectivity index (χ3v) is 2.69. The van der Waals surface area contributed by atoms with Crippen LogP contribution in [-0.2, 0) is 9.59 Å². The van der Waals surface area contributed by atoms with Crippen LogP contribution in [0.4, 0.5) is 5.69 Å². The van der Waals surface area contributed by atoms with Gasteiger partial charge in [-0.2, -0.15) is 0 Å². The highest BCUT2D eigenvalue weighted by Crippen LogP contribution is 2.20. The van der Waals surface area contributed by atoms with Crippen molar-refractivity contribution in [3.05, 3.63) is 54.6 Å². The third kappa shape index (κ3) is 3.78. The van der Waals surface area contributed by atoms with Gasteiger partial charge in [0.15, 0.2) is 0 Å². The van der Waals surface area contributed by atoms with Gasteiger partial charge < -0.3 is 5.32 Å². The van der Waals surface area contributed by atoms with E-state index in [0.29, 0.717) is 5.69 Å². The SMILES string of the molecule is CC(=O)CC(=O)Nc1ccc(-c2ccccc2)cc1. The van der Waals surface area contributed by atoms with Gasteiger partial charge in [0, 0.05) is 5.69 Å². The first kappa shape index (κ1) is 13.0. The average Bonchev–Trinajstić information content (AvgIpc) is 2.39. The first-order chi connectivity index (χ1) is 9.15. The van der Waals surface area contributed by atoms with Crippen LogP contribution in [0.3, 0.4) is 0 Å². The molecule has 0 aromatic heterocycles. The van der Waals surface area contributed by atoms with Crippen LogP contribution in [0.2, 0.25) is 0 Å². The van der Waals surface area contributed by atoms with Crippen LogP contribution in [0, 0.1) is 0 Å². The Kier molecular flexibility index (Phi) is 4.08. The van der Waals surface area contributed by atoms with Crippen molar-refractivity contribution in [1.29, 1.82) is 0 Å². The van der Waals surface area contributed by atoms with Crippen LogP contribution in [-0.4, -0.2) is 11.7 Å². The molecule has 96 valence electrons. The minimum absolute atomic E-state index is 0.0829. The first-order valence-electron chi connectivity index (χ1n) is 6.10. The van der Waals surface area contributed by atoms with Gasteiger partial charge in [0.05, 0.1) is 6.42 Å². The van der Waals surface area contributed by atoms with Crippen molar-refractivity contribution in [2.45, 2.75) is 13.3 Å². The van der Waals surface area contributed by atoms with Gasteiger partial charge in [-0.25, -0.2) is 0 Å². The molecule has 0 aliphatic heterocycles. The topological polar surface area (TPSA) is 46.2 Å². The largest absolute Gasteiger partial charge is 0.326 e. The van der Waals surface area contributed by atoms with E-state index in [9.17, 15) is 9.59 Å². The van der Waals surface area contributed by atoms with Crippen LogP contribution in [0.5, 0.6) is 0 Å². The molecule has 3 nitrogen and oxygen atoms in total. The van der Waals surface area contributed by atoms with E-state index in [0.717, 1.165) is 11.1 Å². The standard InChI is InChI=1S/C16H15NO2/c1-12(18)11-16(19)17-15-9-7-14(8-10-15)13-5-3-2-4-6-13/h2-10H,11H2,1H3,(H,17,19). The van der Waals surface area contributed by atoms with Crippen molar-refractivity contribution in [2.24, 2.45) is 0 Å². The molecular formula is C16H15NO2. The Labute approximate surface area is 112 Å². The molecular weight excluding hydrogens is 238 g/mol. The lowest BCUT2D eigenvalue weighted by Crippen LogP contribution is -2.14. The van der Waals surface area contributed by atoms with Gasteiger partial charge in [0.1, 0.15) is 5.78 Å². The zero-order valence-electron chi connectivity index (χ0n) is 10.7. The molecule has 0 heterocycles. The van der Waals surface area contributed by atoms with Crippen molar-refractivity contribution >= 4 is 17.4 Å². The summed E-state index contributed by atoms with van der Waals surface area (Å²) >= 11 is 0. The van der Waals surface area contributed by atoms with Gasteiger partial charge in [0.2, 0.25) is 5.91 Å². The lowest BCUT2D eigenvalue weighted by molar-refractivity contribution is -0.124. The number of benzene rings is 2. The molecule has 19 heavy (non-hydrogen) atoms. The Bertz CT molecular complexity index is 573. The van der Waals surface area contributed by atoms with E-state index in [1.54, 1.807) is 0 Å². The molecule has 0 unspecified atom stereocenters. The van der Waals surface area contributed by atoms with Gasteiger partial charge in [0.25, 0.3) is 0 Å². The fourth-order valence-corrected chi connectivity index (χ4v) is 1.81. The third-order valence-electron chi connectivity index (χ3n) is 2.69. The molecule has 0 spiro atoms. The lowest BCUT2D eigenvalue weighted by atomic mass is 10.1. The van der Waals surface area contributed by atoms with E-state index in [4.69, 9.17) is 0 Å². The highest BCUT2D eigenvalue weighted by molar-refractivity contribution is 6.03. The number of anilines is 1. The predicted molar refractivity (Wildman–Crippen MR) is 75.8 cm³/mol. The van der Waals surface area contributed by atoms with E-state index in [1.807, 2.05) is 54.6 Å². The van der Waals surface area contributed by atoms with Crippen molar-refractivity contribution in [1.82, 2.24) is 0 Å². The molecule has 0 aliphatic carbocycles. The summed E-state index contributed by atoms with van der Waals surface area (Å²) in [4.78, 5) is 22.3. The van der Waals surface area contributed by atoms with Crippen molar-refractivity contribution in [2.75, 3.05) is 5.32 Å². The number of amides is 1. The Morgan fingerprint density at radius 2 is 1.47 bits per heavy atom. The molecule has 0 bridgehead atoms. The van der Waals surface area contributed by atoms with Crippen LogP contribution < -0.4 is 5.32 Å². The molecule has 1 N–H and O–H groups in total. The van der Waals surface area contributed by atoms with Gasteiger partial charge in [-0.15, -0.1) is 0 Å². The fraction of sp³-hybridized carbons (Fsp3) is 0.125. The Hall–Kier alpha value is -2.42. The lowest BCUT2D eigenvalue weighted by Gasteiger charge is -2.06.